The minimum absolute atomic E-state index is 0. The van der Waals surface area contributed by atoms with Crippen molar-refractivity contribution in [3.05, 3.63) is 78.5 Å². The summed E-state index contributed by atoms with van der Waals surface area (Å²) in [6.07, 6.45) is 1.72. The highest BCUT2D eigenvalue weighted by Gasteiger charge is 2.22. The van der Waals surface area contributed by atoms with Gasteiger partial charge in [0, 0.05) is 54.7 Å². The zero-order valence-electron chi connectivity index (χ0n) is 20.8. The van der Waals surface area contributed by atoms with Crippen LogP contribution >= 0.6 is 12.4 Å². The summed E-state index contributed by atoms with van der Waals surface area (Å²) in [7, 11) is -3.77. The van der Waals surface area contributed by atoms with Crippen LogP contribution in [0.1, 0.15) is 5.56 Å². The minimum Gasteiger partial charge on any atom is -0.484 e. The molecular formula is C27H27ClN6O4S. The number of nitrogens with one attached hydrogen (secondary N) is 2. The minimum atomic E-state index is -3.77. The van der Waals surface area contributed by atoms with Crippen LogP contribution in [0.4, 0.5) is 17.1 Å². The zero-order chi connectivity index (χ0) is 26.7. The first-order chi connectivity index (χ1) is 18.3. The van der Waals surface area contributed by atoms with Gasteiger partial charge in [-0.05, 0) is 66.7 Å². The van der Waals surface area contributed by atoms with Crippen molar-refractivity contribution in [1.29, 1.82) is 5.26 Å². The van der Waals surface area contributed by atoms with Crippen molar-refractivity contribution in [3.63, 3.8) is 0 Å². The van der Waals surface area contributed by atoms with Gasteiger partial charge in [0.25, 0.3) is 15.9 Å². The van der Waals surface area contributed by atoms with Gasteiger partial charge in [0.15, 0.2) is 6.61 Å². The van der Waals surface area contributed by atoms with Crippen molar-refractivity contribution in [1.82, 2.24) is 9.88 Å². The molecule has 12 heteroatoms. The number of amides is 1. The Labute approximate surface area is 232 Å². The van der Waals surface area contributed by atoms with Gasteiger partial charge in [-0.15, -0.1) is 12.4 Å². The number of anilines is 3. The number of benzene rings is 3. The van der Waals surface area contributed by atoms with Crippen LogP contribution in [0.3, 0.4) is 0 Å². The molecule has 1 saturated heterocycles. The molecule has 3 aromatic carbocycles. The van der Waals surface area contributed by atoms with E-state index in [9.17, 15) is 13.2 Å². The number of nitrogens with zero attached hydrogens (tertiary/aromatic N) is 3. The molecule has 5 rings (SSSR count). The smallest absolute Gasteiger partial charge is 0.261 e. The van der Waals surface area contributed by atoms with Crippen molar-refractivity contribution in [2.45, 2.75) is 4.90 Å². The molecule has 1 amide bonds. The van der Waals surface area contributed by atoms with Crippen LogP contribution in [-0.4, -0.2) is 57.0 Å². The maximum atomic E-state index is 12.7. The van der Waals surface area contributed by atoms with Gasteiger partial charge in [-0.25, -0.2) is 8.42 Å². The molecule has 1 fully saturated rings. The van der Waals surface area contributed by atoms with E-state index in [0.29, 0.717) is 48.9 Å². The summed E-state index contributed by atoms with van der Waals surface area (Å²) >= 11 is 0. The first-order valence-corrected chi connectivity index (χ1v) is 13.5. The third-order valence-electron chi connectivity index (χ3n) is 6.46. The van der Waals surface area contributed by atoms with Crippen molar-refractivity contribution >= 4 is 56.3 Å². The van der Waals surface area contributed by atoms with Gasteiger partial charge in [0.2, 0.25) is 0 Å². The summed E-state index contributed by atoms with van der Waals surface area (Å²) in [5.41, 5.74) is 9.24. The fourth-order valence-electron chi connectivity index (χ4n) is 4.32. The van der Waals surface area contributed by atoms with Crippen LogP contribution in [0.5, 0.6) is 5.75 Å². The number of fused-ring (bicyclic) bond motifs is 1. The Morgan fingerprint density at radius 3 is 2.38 bits per heavy atom. The van der Waals surface area contributed by atoms with Gasteiger partial charge in [-0.3, -0.25) is 9.52 Å². The maximum absolute atomic E-state index is 12.7. The van der Waals surface area contributed by atoms with E-state index < -0.39 is 10.0 Å². The molecule has 0 aliphatic carbocycles. The number of rotatable bonds is 7. The fraction of sp³-hybridized carbons (Fsp3) is 0.185. The van der Waals surface area contributed by atoms with E-state index in [1.54, 1.807) is 29.3 Å². The first-order valence-electron chi connectivity index (χ1n) is 12.0. The van der Waals surface area contributed by atoms with Gasteiger partial charge in [-0.2, -0.15) is 5.26 Å². The van der Waals surface area contributed by atoms with E-state index in [4.69, 9.17) is 15.7 Å². The fourth-order valence-corrected chi connectivity index (χ4v) is 5.38. The lowest BCUT2D eigenvalue weighted by Gasteiger charge is -2.36. The Bertz CT molecular complexity index is 1610. The topological polar surface area (TPSA) is 145 Å². The molecule has 4 N–H and O–H groups in total. The van der Waals surface area contributed by atoms with Gasteiger partial charge < -0.3 is 25.3 Å². The highest BCUT2D eigenvalue weighted by Crippen LogP contribution is 2.25. The van der Waals surface area contributed by atoms with Gasteiger partial charge >= 0.3 is 0 Å². The van der Waals surface area contributed by atoms with Crippen molar-refractivity contribution in [2.24, 2.45) is 0 Å². The number of aromatic nitrogens is 1. The summed E-state index contributed by atoms with van der Waals surface area (Å²) in [4.78, 5) is 19.8. The average Bonchev–Trinajstić information content (AvgIpc) is 3.32. The van der Waals surface area contributed by atoms with E-state index in [-0.39, 0.29) is 29.8 Å². The Balaban J connectivity index is 0.00000353. The Morgan fingerprint density at radius 1 is 1.03 bits per heavy atom. The number of H-pyrrole nitrogens is 1. The molecule has 1 aliphatic rings. The Hall–Kier alpha value is -4.40. The van der Waals surface area contributed by atoms with E-state index in [0.717, 1.165) is 16.6 Å². The van der Waals surface area contributed by atoms with Gasteiger partial charge in [-0.1, -0.05) is 0 Å². The van der Waals surface area contributed by atoms with Gasteiger partial charge in [0.1, 0.15) is 5.75 Å². The molecule has 0 unspecified atom stereocenters. The summed E-state index contributed by atoms with van der Waals surface area (Å²) in [5.74, 6) is 0.505. The van der Waals surface area contributed by atoms with Crippen LogP contribution in [0.15, 0.2) is 77.8 Å². The second kappa shape index (κ2) is 11.6. The lowest BCUT2D eigenvalue weighted by atomic mass is 10.2. The van der Waals surface area contributed by atoms with Gasteiger partial charge in [0.05, 0.1) is 22.2 Å². The lowest BCUT2D eigenvalue weighted by molar-refractivity contribution is -0.133. The van der Waals surface area contributed by atoms with Crippen LogP contribution in [-0.2, 0) is 14.8 Å². The predicted octanol–water partition coefficient (Wildman–Crippen LogP) is 3.57. The largest absolute Gasteiger partial charge is 0.484 e. The molecule has 39 heavy (non-hydrogen) atoms. The average molecular weight is 567 g/mol. The molecule has 4 aromatic rings. The standard InChI is InChI=1S/C27H26N6O4S.ClH/c28-16-19-1-8-23(9-2-19)38(35,36)31-20-3-5-21(6-4-20)32-11-13-33(14-12-32)27(34)18-37-22-7-10-26-24(15-22)25(29)17-30-26;/h1-10,15,17,30-31H,11-14,18,29H2;1H. The molecule has 0 spiro atoms. The van der Waals surface area contributed by atoms with E-state index in [1.165, 1.54) is 24.3 Å². The summed E-state index contributed by atoms with van der Waals surface area (Å²) in [6, 6.07) is 20.3. The van der Waals surface area contributed by atoms with Crippen LogP contribution in [0.25, 0.3) is 10.9 Å². The molecule has 1 aromatic heterocycles. The van der Waals surface area contributed by atoms with Crippen LogP contribution in [0.2, 0.25) is 0 Å². The number of hydrogen-bond donors (Lipinski definition) is 3. The van der Waals surface area contributed by atoms with E-state index >= 15 is 0 Å². The molecule has 0 radical (unpaired) electrons. The Morgan fingerprint density at radius 2 is 1.72 bits per heavy atom. The number of nitriles is 1. The number of nitrogens with two attached hydrogens (primary N) is 1. The normalized spacial score (nSPS) is 13.4. The molecule has 10 nitrogen and oxygen atoms in total. The summed E-state index contributed by atoms with van der Waals surface area (Å²) in [6.45, 7) is 2.35. The third-order valence-corrected chi connectivity index (χ3v) is 7.86. The van der Waals surface area contributed by atoms with E-state index in [2.05, 4.69) is 14.6 Å². The number of ether oxygens (including phenoxy) is 1. The SMILES string of the molecule is Cl.N#Cc1ccc(S(=O)(=O)Nc2ccc(N3CCN(C(=O)COc4ccc5[nH]cc(N)c5c4)CC3)cc2)cc1. The first kappa shape index (κ1) is 27.6. The number of aromatic amines is 1. The highest BCUT2D eigenvalue weighted by atomic mass is 35.5. The number of nitrogen functional groups attached to an aromatic ring is 1. The van der Waals surface area contributed by atoms with Crippen molar-refractivity contribution < 1.29 is 17.9 Å². The summed E-state index contributed by atoms with van der Waals surface area (Å²) in [5, 5.41) is 9.75. The summed E-state index contributed by atoms with van der Waals surface area (Å²) < 4.78 is 33.5. The maximum Gasteiger partial charge on any atom is 0.261 e. The molecular weight excluding hydrogens is 540 g/mol. The molecule has 202 valence electrons. The number of halogens is 1. The quantitative estimate of drug-likeness (QED) is 0.310. The Kier molecular flexibility index (Phi) is 8.18. The number of carbonyl (C=O) groups excluding carboxylic acids is 1. The third kappa shape index (κ3) is 6.19. The number of hydrogen-bond acceptors (Lipinski definition) is 7. The second-order valence-corrected chi connectivity index (χ2v) is 10.6. The van der Waals surface area contributed by atoms with Crippen LogP contribution < -0.4 is 20.1 Å². The molecule has 0 atom stereocenters. The number of piperazine rings is 1. The van der Waals surface area contributed by atoms with Crippen molar-refractivity contribution in [3.8, 4) is 11.8 Å². The van der Waals surface area contributed by atoms with Crippen LogP contribution in [0, 0.1) is 11.3 Å². The predicted molar refractivity (Wildman–Crippen MR) is 153 cm³/mol. The lowest BCUT2D eigenvalue weighted by Crippen LogP contribution is -2.50. The number of carbonyl (C=O) groups is 1. The molecule has 0 saturated carbocycles. The second-order valence-electron chi connectivity index (χ2n) is 8.90. The molecule has 0 bridgehead atoms. The van der Waals surface area contributed by atoms with Crippen molar-refractivity contribution in [2.75, 3.05) is 48.1 Å². The molecule has 2 heterocycles. The highest BCUT2D eigenvalue weighted by molar-refractivity contribution is 7.92. The molecule has 1 aliphatic heterocycles. The number of sulfonamides is 1. The zero-order valence-corrected chi connectivity index (χ0v) is 22.5. The van der Waals surface area contributed by atoms with E-state index in [1.807, 2.05) is 30.3 Å². The monoisotopic (exact) mass is 566 g/mol.